The van der Waals surface area contributed by atoms with Crippen molar-refractivity contribution in [3.8, 4) is 0 Å². The monoisotopic (exact) mass is 280 g/mol. The molecule has 2 aromatic rings. The highest BCUT2D eigenvalue weighted by molar-refractivity contribution is 7.14. The fourth-order valence-electron chi connectivity index (χ4n) is 2.15. The first-order valence-corrected chi connectivity index (χ1v) is 6.80. The first-order valence-electron chi connectivity index (χ1n) is 5.92. The summed E-state index contributed by atoms with van der Waals surface area (Å²) in [4.78, 5) is 27.7. The number of carbonyl (C=O) groups is 1. The molecule has 2 N–H and O–H groups in total. The average molecular weight is 280 g/mol. The minimum absolute atomic E-state index is 0.249. The number of rotatable bonds is 4. The Morgan fingerprint density at radius 1 is 1.58 bits per heavy atom. The van der Waals surface area contributed by atoms with E-state index >= 15 is 0 Å². The van der Waals surface area contributed by atoms with Gasteiger partial charge in [-0.15, -0.1) is 0 Å². The Hall–Kier alpha value is -1.80. The first kappa shape index (κ1) is 12.2. The van der Waals surface area contributed by atoms with E-state index in [-0.39, 0.29) is 12.1 Å². The highest BCUT2D eigenvalue weighted by atomic mass is 32.1. The van der Waals surface area contributed by atoms with Gasteiger partial charge in [-0.3, -0.25) is 14.9 Å². The van der Waals surface area contributed by atoms with Crippen LogP contribution in [0.2, 0.25) is 0 Å². The normalized spacial score (nSPS) is 17.3. The fourth-order valence-corrected chi connectivity index (χ4v) is 2.79. The molecule has 0 unspecified atom stereocenters. The van der Waals surface area contributed by atoms with Crippen molar-refractivity contribution in [2.24, 2.45) is 0 Å². The molecule has 2 aromatic heterocycles. The van der Waals surface area contributed by atoms with Crippen molar-refractivity contribution in [1.29, 1.82) is 0 Å². The van der Waals surface area contributed by atoms with Gasteiger partial charge in [0.1, 0.15) is 11.0 Å². The Labute approximate surface area is 111 Å². The zero-order chi connectivity index (χ0) is 13.5. The molecule has 1 fully saturated rings. The van der Waals surface area contributed by atoms with E-state index in [2.05, 4.69) is 15.4 Å². The van der Waals surface area contributed by atoms with Gasteiger partial charge in [0, 0.05) is 12.6 Å². The molecular formula is C11H12N4O3S. The summed E-state index contributed by atoms with van der Waals surface area (Å²) in [5, 5.41) is 16.1. The Bertz CT molecular complexity index is 689. The van der Waals surface area contributed by atoms with Gasteiger partial charge in [-0.2, -0.15) is 9.61 Å². The predicted octanol–water partition coefficient (Wildman–Crippen LogP) is 0.248. The molecule has 1 aliphatic rings. The van der Waals surface area contributed by atoms with Crippen molar-refractivity contribution in [3.63, 3.8) is 0 Å². The molecule has 19 heavy (non-hydrogen) atoms. The Kier molecular flexibility index (Phi) is 2.83. The number of hydrogen-bond donors (Lipinski definition) is 2. The van der Waals surface area contributed by atoms with Gasteiger partial charge in [0.05, 0.1) is 5.69 Å². The highest BCUT2D eigenvalue weighted by Gasteiger charge is 2.43. The number of fused-ring (bicyclic) bond motifs is 1. The summed E-state index contributed by atoms with van der Waals surface area (Å²) in [5.74, 6) is -0.839. The van der Waals surface area contributed by atoms with Crippen LogP contribution in [-0.2, 0) is 11.3 Å². The van der Waals surface area contributed by atoms with Crippen molar-refractivity contribution >= 4 is 22.3 Å². The molecule has 0 bridgehead atoms. The Morgan fingerprint density at radius 2 is 2.37 bits per heavy atom. The van der Waals surface area contributed by atoms with E-state index in [0.29, 0.717) is 23.5 Å². The zero-order valence-electron chi connectivity index (χ0n) is 10.00. The summed E-state index contributed by atoms with van der Waals surface area (Å²) < 4.78 is 1.23. The highest BCUT2D eigenvalue weighted by Crippen LogP contribution is 2.32. The van der Waals surface area contributed by atoms with E-state index in [1.807, 2.05) is 0 Å². The van der Waals surface area contributed by atoms with Crippen molar-refractivity contribution in [2.45, 2.75) is 31.3 Å². The third-order valence-corrected chi connectivity index (χ3v) is 4.14. The second-order valence-electron chi connectivity index (χ2n) is 4.61. The van der Waals surface area contributed by atoms with E-state index in [0.717, 1.165) is 6.42 Å². The summed E-state index contributed by atoms with van der Waals surface area (Å²) in [5.41, 5.74) is 0.995. The van der Waals surface area contributed by atoms with Crippen molar-refractivity contribution in [2.75, 3.05) is 0 Å². The minimum atomic E-state index is -0.847. The SMILES string of the molecule is O=C(O)C1(NCc2cc(=O)n3ncsc3n2)CCC1. The maximum absolute atomic E-state index is 11.7. The number of aliphatic carboxylic acids is 1. The maximum atomic E-state index is 11.7. The van der Waals surface area contributed by atoms with Crippen molar-refractivity contribution in [3.05, 3.63) is 27.6 Å². The van der Waals surface area contributed by atoms with Crippen LogP contribution < -0.4 is 10.9 Å². The van der Waals surface area contributed by atoms with Gasteiger partial charge in [0.15, 0.2) is 0 Å². The summed E-state index contributed by atoms with van der Waals surface area (Å²) >= 11 is 1.27. The van der Waals surface area contributed by atoms with Crippen molar-refractivity contribution in [1.82, 2.24) is 19.9 Å². The van der Waals surface area contributed by atoms with Crippen LogP contribution in [-0.4, -0.2) is 31.2 Å². The van der Waals surface area contributed by atoms with Crippen LogP contribution in [0.1, 0.15) is 25.0 Å². The Balaban J connectivity index is 1.82. The van der Waals surface area contributed by atoms with E-state index in [1.54, 1.807) is 5.51 Å². The van der Waals surface area contributed by atoms with Gasteiger partial charge in [-0.25, -0.2) is 4.98 Å². The third kappa shape index (κ3) is 2.02. The summed E-state index contributed by atoms with van der Waals surface area (Å²) in [7, 11) is 0. The molecule has 0 spiro atoms. The molecule has 7 nitrogen and oxygen atoms in total. The van der Waals surface area contributed by atoms with E-state index in [1.165, 1.54) is 21.9 Å². The van der Waals surface area contributed by atoms with Gasteiger partial charge in [-0.1, -0.05) is 11.3 Å². The van der Waals surface area contributed by atoms with Gasteiger partial charge >= 0.3 is 5.97 Å². The molecular weight excluding hydrogens is 268 g/mol. The van der Waals surface area contributed by atoms with Crippen LogP contribution in [0, 0.1) is 0 Å². The quantitative estimate of drug-likeness (QED) is 0.833. The number of nitrogens with zero attached hydrogens (tertiary/aromatic N) is 3. The minimum Gasteiger partial charge on any atom is -0.480 e. The molecule has 0 aliphatic heterocycles. The molecule has 100 valence electrons. The molecule has 0 aromatic carbocycles. The molecule has 0 atom stereocenters. The third-order valence-electron chi connectivity index (χ3n) is 3.46. The molecule has 0 saturated heterocycles. The number of hydrogen-bond acceptors (Lipinski definition) is 6. The number of nitrogens with one attached hydrogen (secondary N) is 1. The lowest BCUT2D eigenvalue weighted by molar-refractivity contribution is -0.148. The lowest BCUT2D eigenvalue weighted by Gasteiger charge is -2.38. The van der Waals surface area contributed by atoms with Gasteiger partial charge < -0.3 is 5.11 Å². The second-order valence-corrected chi connectivity index (χ2v) is 5.42. The topological polar surface area (TPSA) is 96.6 Å². The zero-order valence-corrected chi connectivity index (χ0v) is 10.8. The van der Waals surface area contributed by atoms with E-state index in [4.69, 9.17) is 0 Å². The largest absolute Gasteiger partial charge is 0.480 e. The van der Waals surface area contributed by atoms with Gasteiger partial charge in [0.2, 0.25) is 4.96 Å². The maximum Gasteiger partial charge on any atom is 0.323 e. The van der Waals surface area contributed by atoms with Crippen LogP contribution in [0.4, 0.5) is 0 Å². The van der Waals surface area contributed by atoms with Gasteiger partial charge in [0.25, 0.3) is 5.56 Å². The van der Waals surface area contributed by atoms with Crippen LogP contribution in [0.25, 0.3) is 4.96 Å². The summed E-state index contributed by atoms with van der Waals surface area (Å²) in [6, 6.07) is 1.38. The molecule has 0 radical (unpaired) electrons. The lowest BCUT2D eigenvalue weighted by Crippen LogP contribution is -2.56. The van der Waals surface area contributed by atoms with Crippen LogP contribution in [0.3, 0.4) is 0 Å². The second kappa shape index (κ2) is 4.39. The van der Waals surface area contributed by atoms with E-state index in [9.17, 15) is 14.7 Å². The number of aromatic nitrogens is 3. The predicted molar refractivity (Wildman–Crippen MR) is 68.2 cm³/mol. The van der Waals surface area contributed by atoms with Gasteiger partial charge in [-0.05, 0) is 19.3 Å². The van der Waals surface area contributed by atoms with Crippen LogP contribution >= 0.6 is 11.3 Å². The summed E-state index contributed by atoms with van der Waals surface area (Å²) in [6.45, 7) is 0.274. The lowest BCUT2D eigenvalue weighted by atomic mass is 9.77. The van der Waals surface area contributed by atoms with E-state index < -0.39 is 11.5 Å². The fraction of sp³-hybridized carbons (Fsp3) is 0.455. The molecule has 3 rings (SSSR count). The molecule has 1 aliphatic carbocycles. The smallest absolute Gasteiger partial charge is 0.323 e. The van der Waals surface area contributed by atoms with Crippen molar-refractivity contribution < 1.29 is 9.90 Å². The molecule has 1 saturated carbocycles. The average Bonchev–Trinajstić information content (AvgIpc) is 2.75. The number of carboxylic acids is 1. The molecule has 2 heterocycles. The first-order chi connectivity index (χ1) is 9.11. The standard InChI is InChI=1S/C11H12N4O3S/c16-8-4-7(14-10-15(8)13-6-19-10)5-12-11(9(17)18)2-1-3-11/h4,6,12H,1-3,5H2,(H,17,18). The molecule has 0 amide bonds. The van der Waals surface area contributed by atoms with Crippen LogP contribution in [0.5, 0.6) is 0 Å². The summed E-state index contributed by atoms with van der Waals surface area (Å²) in [6.07, 6.45) is 2.14. The van der Waals surface area contributed by atoms with Crippen LogP contribution in [0.15, 0.2) is 16.4 Å². The Morgan fingerprint density at radius 3 is 3.00 bits per heavy atom. The molecule has 8 heteroatoms. The number of carboxylic acid groups (broad SMARTS) is 1.